The number of Topliss-reactive ketones (excluding diaryl/α,β-unsaturated/α-hetero) is 1. The van der Waals surface area contributed by atoms with Crippen LogP contribution in [0.4, 0.5) is 0 Å². The maximum absolute atomic E-state index is 10.9. The highest BCUT2D eigenvalue weighted by atomic mass is 32.2. The predicted octanol–water partition coefficient (Wildman–Crippen LogP) is 1.18. The van der Waals surface area contributed by atoms with Gasteiger partial charge in [-0.1, -0.05) is 11.8 Å². The Hall–Kier alpha value is -0.350. The molecule has 0 saturated heterocycles. The third-order valence-electron chi connectivity index (χ3n) is 1.42. The van der Waals surface area contributed by atoms with Crippen LogP contribution in [0.1, 0.15) is 20.3 Å². The van der Waals surface area contributed by atoms with Crippen molar-refractivity contribution in [2.75, 3.05) is 20.6 Å². The standard InChI is InChI=1S/C9H17NO2S/c1-7(11)5-9(6-10(3)4)13-8(2)12/h9H,5-6H2,1-4H3. The monoisotopic (exact) mass is 203 g/mol. The van der Waals surface area contributed by atoms with Crippen molar-refractivity contribution in [1.82, 2.24) is 4.90 Å². The van der Waals surface area contributed by atoms with E-state index in [9.17, 15) is 9.59 Å². The summed E-state index contributed by atoms with van der Waals surface area (Å²) in [5.41, 5.74) is 0. The number of carbonyl (C=O) groups excluding carboxylic acids is 2. The summed E-state index contributed by atoms with van der Waals surface area (Å²) in [4.78, 5) is 23.7. The Bertz CT molecular complexity index is 176. The minimum absolute atomic E-state index is 0.0769. The van der Waals surface area contributed by atoms with Gasteiger partial charge in [-0.3, -0.25) is 9.59 Å². The van der Waals surface area contributed by atoms with Crippen molar-refractivity contribution in [3.05, 3.63) is 0 Å². The number of hydrogen-bond acceptors (Lipinski definition) is 4. The van der Waals surface area contributed by atoms with Gasteiger partial charge < -0.3 is 4.90 Å². The van der Waals surface area contributed by atoms with Crippen LogP contribution in [0.2, 0.25) is 0 Å². The fourth-order valence-electron chi connectivity index (χ4n) is 1.11. The van der Waals surface area contributed by atoms with Crippen molar-refractivity contribution in [2.45, 2.75) is 25.5 Å². The molecular weight excluding hydrogens is 186 g/mol. The SMILES string of the molecule is CC(=O)CC(CN(C)C)SC(C)=O. The number of rotatable bonds is 5. The number of ketones is 1. The molecule has 0 aliphatic carbocycles. The van der Waals surface area contributed by atoms with Crippen LogP contribution in [0.5, 0.6) is 0 Å². The van der Waals surface area contributed by atoms with Crippen molar-refractivity contribution >= 4 is 22.7 Å². The molecule has 0 aromatic rings. The van der Waals surface area contributed by atoms with E-state index >= 15 is 0 Å². The summed E-state index contributed by atoms with van der Waals surface area (Å²) in [7, 11) is 3.88. The van der Waals surface area contributed by atoms with Crippen LogP contribution in [0, 0.1) is 0 Å². The summed E-state index contributed by atoms with van der Waals surface area (Å²) in [5, 5.41) is 0.179. The molecule has 0 radical (unpaired) electrons. The van der Waals surface area contributed by atoms with Crippen molar-refractivity contribution in [3.63, 3.8) is 0 Å². The lowest BCUT2D eigenvalue weighted by atomic mass is 10.2. The second-order valence-corrected chi connectivity index (χ2v) is 4.88. The molecule has 0 aromatic carbocycles. The van der Waals surface area contributed by atoms with Crippen LogP contribution in [-0.2, 0) is 9.59 Å². The molecular formula is C9H17NO2S. The maximum atomic E-state index is 10.9. The van der Waals surface area contributed by atoms with Gasteiger partial charge in [0.1, 0.15) is 5.78 Å². The Balaban J connectivity index is 4.02. The van der Waals surface area contributed by atoms with E-state index in [0.29, 0.717) is 6.42 Å². The van der Waals surface area contributed by atoms with Crippen LogP contribution < -0.4 is 0 Å². The van der Waals surface area contributed by atoms with Crippen molar-refractivity contribution in [2.24, 2.45) is 0 Å². The lowest BCUT2D eigenvalue weighted by Gasteiger charge is -2.17. The first-order valence-electron chi connectivity index (χ1n) is 4.23. The lowest BCUT2D eigenvalue weighted by Crippen LogP contribution is -2.26. The summed E-state index contributed by atoms with van der Waals surface area (Å²) in [5.74, 6) is 0.139. The van der Waals surface area contributed by atoms with Crippen molar-refractivity contribution in [1.29, 1.82) is 0 Å². The molecule has 0 rings (SSSR count). The lowest BCUT2D eigenvalue weighted by molar-refractivity contribution is -0.117. The number of nitrogens with zero attached hydrogens (tertiary/aromatic N) is 1. The number of carbonyl (C=O) groups is 2. The van der Waals surface area contributed by atoms with E-state index in [1.165, 1.54) is 18.7 Å². The van der Waals surface area contributed by atoms with Crippen LogP contribution in [0.25, 0.3) is 0 Å². The number of hydrogen-bond donors (Lipinski definition) is 0. The van der Waals surface area contributed by atoms with E-state index in [2.05, 4.69) is 0 Å². The van der Waals surface area contributed by atoms with Crippen molar-refractivity contribution in [3.8, 4) is 0 Å². The van der Waals surface area contributed by atoms with E-state index in [0.717, 1.165) is 6.54 Å². The van der Waals surface area contributed by atoms with E-state index < -0.39 is 0 Å². The van der Waals surface area contributed by atoms with E-state index in [1.54, 1.807) is 6.92 Å². The molecule has 0 aliphatic rings. The molecule has 0 fully saturated rings. The predicted molar refractivity (Wildman–Crippen MR) is 55.9 cm³/mol. The number of thioether (sulfide) groups is 1. The summed E-state index contributed by atoms with van der Waals surface area (Å²) >= 11 is 1.25. The first kappa shape index (κ1) is 12.7. The molecule has 0 N–H and O–H groups in total. The van der Waals surface area contributed by atoms with Gasteiger partial charge in [0, 0.05) is 25.1 Å². The normalized spacial score (nSPS) is 13.0. The summed E-state index contributed by atoms with van der Waals surface area (Å²) in [6.45, 7) is 3.86. The van der Waals surface area contributed by atoms with E-state index in [4.69, 9.17) is 0 Å². The zero-order valence-electron chi connectivity index (χ0n) is 8.66. The smallest absolute Gasteiger partial charge is 0.186 e. The zero-order valence-corrected chi connectivity index (χ0v) is 9.48. The molecule has 0 heterocycles. The van der Waals surface area contributed by atoms with Crippen LogP contribution in [0.15, 0.2) is 0 Å². The van der Waals surface area contributed by atoms with Crippen LogP contribution in [0.3, 0.4) is 0 Å². The summed E-state index contributed by atoms with van der Waals surface area (Å²) in [6.07, 6.45) is 0.475. The molecule has 0 saturated carbocycles. The quantitative estimate of drug-likeness (QED) is 0.672. The second kappa shape index (κ2) is 6.16. The van der Waals surface area contributed by atoms with Gasteiger partial charge >= 0.3 is 0 Å². The molecule has 1 unspecified atom stereocenters. The Morgan fingerprint density at radius 1 is 1.31 bits per heavy atom. The molecule has 1 atom stereocenters. The topological polar surface area (TPSA) is 37.4 Å². The molecule has 13 heavy (non-hydrogen) atoms. The minimum Gasteiger partial charge on any atom is -0.308 e. The van der Waals surface area contributed by atoms with Gasteiger partial charge in [0.05, 0.1) is 0 Å². The highest BCUT2D eigenvalue weighted by Gasteiger charge is 2.14. The van der Waals surface area contributed by atoms with Gasteiger partial charge in [0.15, 0.2) is 5.12 Å². The highest BCUT2D eigenvalue weighted by molar-refractivity contribution is 8.14. The van der Waals surface area contributed by atoms with Crippen LogP contribution in [-0.4, -0.2) is 41.7 Å². The zero-order chi connectivity index (χ0) is 10.4. The largest absolute Gasteiger partial charge is 0.308 e. The molecule has 4 heteroatoms. The average Bonchev–Trinajstić information content (AvgIpc) is 1.80. The Labute approximate surface area is 83.9 Å². The van der Waals surface area contributed by atoms with Gasteiger partial charge in [-0.15, -0.1) is 0 Å². The van der Waals surface area contributed by atoms with Gasteiger partial charge in [-0.25, -0.2) is 0 Å². The maximum Gasteiger partial charge on any atom is 0.186 e. The molecule has 0 amide bonds. The summed E-state index contributed by atoms with van der Waals surface area (Å²) < 4.78 is 0. The molecule has 76 valence electrons. The third kappa shape index (κ3) is 7.99. The second-order valence-electron chi connectivity index (χ2n) is 3.40. The molecule has 0 aromatic heterocycles. The molecule has 0 aliphatic heterocycles. The van der Waals surface area contributed by atoms with Gasteiger partial charge in [-0.2, -0.15) is 0 Å². The Morgan fingerprint density at radius 3 is 2.15 bits per heavy atom. The van der Waals surface area contributed by atoms with Crippen LogP contribution >= 0.6 is 11.8 Å². The average molecular weight is 203 g/mol. The third-order valence-corrected chi connectivity index (χ3v) is 2.40. The highest BCUT2D eigenvalue weighted by Crippen LogP contribution is 2.16. The Morgan fingerprint density at radius 2 is 1.85 bits per heavy atom. The van der Waals surface area contributed by atoms with Gasteiger partial charge in [-0.05, 0) is 21.0 Å². The molecule has 3 nitrogen and oxygen atoms in total. The first-order valence-corrected chi connectivity index (χ1v) is 5.11. The molecule has 0 bridgehead atoms. The minimum atomic E-state index is 0.0769. The fraction of sp³-hybridized carbons (Fsp3) is 0.778. The fourth-order valence-corrected chi connectivity index (χ4v) is 2.27. The van der Waals surface area contributed by atoms with E-state index in [1.807, 2.05) is 19.0 Å². The van der Waals surface area contributed by atoms with Gasteiger partial charge in [0.2, 0.25) is 0 Å². The van der Waals surface area contributed by atoms with E-state index in [-0.39, 0.29) is 16.1 Å². The van der Waals surface area contributed by atoms with Gasteiger partial charge in [0.25, 0.3) is 0 Å². The Kier molecular flexibility index (Phi) is 5.99. The van der Waals surface area contributed by atoms with Crippen molar-refractivity contribution < 1.29 is 9.59 Å². The first-order chi connectivity index (χ1) is 5.91. The summed E-state index contributed by atoms with van der Waals surface area (Å²) in [6, 6.07) is 0. The molecule has 0 spiro atoms.